The number of hydrogen-bond donors (Lipinski definition) is 0. The molecule has 2 aliphatic heterocycles. The van der Waals surface area contributed by atoms with Gasteiger partial charge in [-0.2, -0.15) is 0 Å². The smallest absolute Gasteiger partial charge is 0.0917 e. The first-order chi connectivity index (χ1) is 9.28. The summed E-state index contributed by atoms with van der Waals surface area (Å²) in [5.41, 5.74) is 0. The molecular weight excluding hydrogens is 242 g/mol. The van der Waals surface area contributed by atoms with E-state index in [0.717, 1.165) is 26.3 Å². The van der Waals surface area contributed by atoms with Gasteiger partial charge in [0.15, 0.2) is 0 Å². The Kier molecular flexibility index (Phi) is 6.04. The molecule has 0 aromatic rings. The molecule has 0 unspecified atom stereocenters. The van der Waals surface area contributed by atoms with Crippen molar-refractivity contribution in [3.05, 3.63) is 0 Å². The zero-order valence-electron chi connectivity index (χ0n) is 12.6. The predicted molar refractivity (Wildman–Crippen MR) is 76.4 cm³/mol. The number of hydrogen-bond acceptors (Lipinski definition) is 4. The summed E-state index contributed by atoms with van der Waals surface area (Å²) in [5, 5.41) is 0. The van der Waals surface area contributed by atoms with Crippen molar-refractivity contribution in [1.29, 1.82) is 0 Å². The van der Waals surface area contributed by atoms with E-state index in [0.29, 0.717) is 0 Å². The standard InChI is InChI=1S/C14H30N3O2/c1-18-13-7-15-3-9-17(10-4-15)11-5-16(6-12-17)8-14-19-2/h3-14H2,1-2H3/q+1. The molecule has 2 aliphatic rings. The van der Waals surface area contributed by atoms with Crippen molar-refractivity contribution in [1.82, 2.24) is 9.80 Å². The van der Waals surface area contributed by atoms with Crippen LogP contribution in [-0.2, 0) is 9.47 Å². The quantitative estimate of drug-likeness (QED) is 0.621. The summed E-state index contributed by atoms with van der Waals surface area (Å²) in [6.07, 6.45) is 0. The van der Waals surface area contributed by atoms with Crippen molar-refractivity contribution >= 4 is 0 Å². The molecule has 112 valence electrons. The van der Waals surface area contributed by atoms with Crippen molar-refractivity contribution in [2.45, 2.75) is 0 Å². The van der Waals surface area contributed by atoms with E-state index in [1.54, 1.807) is 14.2 Å². The Balaban J connectivity index is 1.69. The average molecular weight is 272 g/mol. The molecule has 0 radical (unpaired) electrons. The van der Waals surface area contributed by atoms with Gasteiger partial charge in [0.2, 0.25) is 0 Å². The third-order valence-electron chi connectivity index (χ3n) is 4.79. The maximum atomic E-state index is 5.17. The van der Waals surface area contributed by atoms with E-state index in [1.807, 2.05) is 0 Å². The van der Waals surface area contributed by atoms with Crippen molar-refractivity contribution in [2.24, 2.45) is 0 Å². The normalized spacial score (nSPS) is 24.9. The lowest BCUT2D eigenvalue weighted by molar-refractivity contribution is -0.935. The average Bonchev–Trinajstić information content (AvgIpc) is 2.46. The van der Waals surface area contributed by atoms with E-state index in [2.05, 4.69) is 9.80 Å². The van der Waals surface area contributed by atoms with Crippen LogP contribution in [-0.4, -0.2) is 107 Å². The molecule has 5 heteroatoms. The predicted octanol–water partition coefficient (Wildman–Crippen LogP) is -0.273. The Labute approximate surface area is 117 Å². The highest BCUT2D eigenvalue weighted by atomic mass is 16.5. The first kappa shape index (κ1) is 15.2. The fourth-order valence-corrected chi connectivity index (χ4v) is 3.20. The Morgan fingerprint density at radius 2 is 1.11 bits per heavy atom. The minimum absolute atomic E-state index is 0.866. The molecule has 0 saturated carbocycles. The number of quaternary nitrogens is 1. The van der Waals surface area contributed by atoms with Gasteiger partial charge >= 0.3 is 0 Å². The molecule has 0 N–H and O–H groups in total. The molecule has 0 amide bonds. The van der Waals surface area contributed by atoms with E-state index in [9.17, 15) is 0 Å². The highest BCUT2D eigenvalue weighted by Crippen LogP contribution is 2.17. The Bertz CT molecular complexity index is 218. The van der Waals surface area contributed by atoms with Crippen molar-refractivity contribution in [2.75, 3.05) is 92.9 Å². The van der Waals surface area contributed by atoms with Crippen LogP contribution in [0.5, 0.6) is 0 Å². The summed E-state index contributed by atoms with van der Waals surface area (Å²) in [4.78, 5) is 5.09. The molecule has 2 rings (SSSR count). The molecule has 2 fully saturated rings. The second-order valence-electron chi connectivity index (χ2n) is 5.90. The number of methoxy groups -OCH3 is 2. The first-order valence-corrected chi connectivity index (χ1v) is 7.56. The molecule has 19 heavy (non-hydrogen) atoms. The zero-order chi connectivity index (χ0) is 13.6. The van der Waals surface area contributed by atoms with Crippen LogP contribution in [0.4, 0.5) is 0 Å². The summed E-state index contributed by atoms with van der Waals surface area (Å²) in [6, 6.07) is 0. The summed E-state index contributed by atoms with van der Waals surface area (Å²) in [6.45, 7) is 14.2. The van der Waals surface area contributed by atoms with Crippen LogP contribution in [0, 0.1) is 0 Å². The van der Waals surface area contributed by atoms with Gasteiger partial charge in [-0.3, -0.25) is 9.80 Å². The van der Waals surface area contributed by atoms with Gasteiger partial charge in [-0.05, 0) is 0 Å². The third kappa shape index (κ3) is 4.39. The van der Waals surface area contributed by atoms with E-state index < -0.39 is 0 Å². The van der Waals surface area contributed by atoms with Crippen LogP contribution < -0.4 is 0 Å². The minimum Gasteiger partial charge on any atom is -0.383 e. The first-order valence-electron chi connectivity index (χ1n) is 7.56. The second kappa shape index (κ2) is 7.55. The summed E-state index contributed by atoms with van der Waals surface area (Å²) in [5.74, 6) is 0. The maximum Gasteiger partial charge on any atom is 0.0917 e. The molecule has 0 atom stereocenters. The van der Waals surface area contributed by atoms with Crippen LogP contribution in [0.25, 0.3) is 0 Å². The number of rotatable bonds is 6. The largest absolute Gasteiger partial charge is 0.383 e. The zero-order valence-corrected chi connectivity index (χ0v) is 12.6. The molecule has 0 aliphatic carbocycles. The van der Waals surface area contributed by atoms with E-state index in [1.165, 1.54) is 56.8 Å². The maximum absolute atomic E-state index is 5.17. The topological polar surface area (TPSA) is 24.9 Å². The lowest BCUT2D eigenvalue weighted by Gasteiger charge is -2.49. The minimum atomic E-state index is 0.866. The second-order valence-corrected chi connectivity index (χ2v) is 5.90. The van der Waals surface area contributed by atoms with Gasteiger partial charge in [0.25, 0.3) is 0 Å². The fraction of sp³-hybridized carbons (Fsp3) is 1.00. The van der Waals surface area contributed by atoms with Crippen LogP contribution in [0.15, 0.2) is 0 Å². The van der Waals surface area contributed by atoms with Crippen molar-refractivity contribution in [3.8, 4) is 0 Å². The van der Waals surface area contributed by atoms with Gasteiger partial charge < -0.3 is 14.0 Å². The summed E-state index contributed by atoms with van der Waals surface area (Å²) in [7, 11) is 3.58. The molecule has 0 bridgehead atoms. The highest BCUT2D eigenvalue weighted by Gasteiger charge is 2.35. The van der Waals surface area contributed by atoms with E-state index >= 15 is 0 Å². The molecule has 1 spiro atoms. The van der Waals surface area contributed by atoms with E-state index in [4.69, 9.17) is 9.47 Å². The Hall–Kier alpha value is -0.200. The van der Waals surface area contributed by atoms with Gasteiger partial charge in [-0.25, -0.2) is 0 Å². The lowest BCUT2D eigenvalue weighted by Crippen LogP contribution is -2.66. The number of ether oxygens (including phenoxy) is 2. The van der Waals surface area contributed by atoms with Crippen molar-refractivity contribution in [3.63, 3.8) is 0 Å². The van der Waals surface area contributed by atoms with Crippen LogP contribution in [0.1, 0.15) is 0 Å². The number of piperazine rings is 2. The SMILES string of the molecule is COCCN1CC[N+]2(CC1)CCN(CCOC)CC2. The van der Waals surface area contributed by atoms with Crippen LogP contribution in [0.3, 0.4) is 0 Å². The Morgan fingerprint density at radius 1 is 0.737 bits per heavy atom. The molecular formula is C14H30N3O2+. The highest BCUT2D eigenvalue weighted by molar-refractivity contribution is 4.70. The van der Waals surface area contributed by atoms with Gasteiger partial charge in [-0.1, -0.05) is 0 Å². The summed E-state index contributed by atoms with van der Waals surface area (Å²) < 4.78 is 11.7. The Morgan fingerprint density at radius 3 is 1.42 bits per heavy atom. The number of nitrogens with zero attached hydrogens (tertiary/aromatic N) is 3. The molecule has 2 saturated heterocycles. The fourth-order valence-electron chi connectivity index (χ4n) is 3.20. The van der Waals surface area contributed by atoms with Crippen molar-refractivity contribution < 1.29 is 14.0 Å². The molecule has 5 nitrogen and oxygen atoms in total. The van der Waals surface area contributed by atoms with Gasteiger partial charge in [-0.15, -0.1) is 0 Å². The lowest BCUT2D eigenvalue weighted by atomic mass is 10.1. The van der Waals surface area contributed by atoms with Gasteiger partial charge in [0.05, 0.1) is 39.4 Å². The molecule has 0 aromatic carbocycles. The summed E-state index contributed by atoms with van der Waals surface area (Å²) >= 11 is 0. The molecule has 2 heterocycles. The van der Waals surface area contributed by atoms with E-state index in [-0.39, 0.29) is 0 Å². The van der Waals surface area contributed by atoms with Gasteiger partial charge in [0.1, 0.15) is 0 Å². The third-order valence-corrected chi connectivity index (χ3v) is 4.79. The molecule has 0 aromatic heterocycles. The van der Waals surface area contributed by atoms with Gasteiger partial charge in [0, 0.05) is 53.5 Å². The monoisotopic (exact) mass is 272 g/mol. The van der Waals surface area contributed by atoms with Crippen LogP contribution >= 0.6 is 0 Å². The van der Waals surface area contributed by atoms with Crippen LogP contribution in [0.2, 0.25) is 0 Å².